The number of aryl methyl sites for hydroxylation is 1. The molecule has 2 rings (SSSR count). The zero-order valence-corrected chi connectivity index (χ0v) is 22.9. The standard InChI is InChI=1S/C25H33Cl2N3O4S/c1-5-22(25(32)28-6-2)29(17-19-11-9-18(3)10-12-19)24(31)8-7-15-30(35(4,33)34)23-16-20(26)13-14-21(23)27/h9-14,16,22H,5-8,15,17H2,1-4H3,(H,28,32)/t22-/m0/s1. The highest BCUT2D eigenvalue weighted by Crippen LogP contribution is 2.31. The van der Waals surface area contributed by atoms with Gasteiger partial charge in [0, 0.05) is 31.1 Å². The van der Waals surface area contributed by atoms with E-state index in [-0.39, 0.29) is 48.5 Å². The van der Waals surface area contributed by atoms with E-state index in [4.69, 9.17) is 23.2 Å². The molecular formula is C25H33Cl2N3O4S. The number of nitrogens with zero attached hydrogens (tertiary/aromatic N) is 2. The van der Waals surface area contributed by atoms with Crippen LogP contribution < -0.4 is 9.62 Å². The van der Waals surface area contributed by atoms with E-state index in [2.05, 4.69) is 5.32 Å². The molecule has 1 N–H and O–H groups in total. The van der Waals surface area contributed by atoms with Crippen LogP contribution in [0.4, 0.5) is 5.69 Å². The maximum Gasteiger partial charge on any atom is 0.242 e. The van der Waals surface area contributed by atoms with Crippen LogP contribution in [0.15, 0.2) is 42.5 Å². The monoisotopic (exact) mass is 541 g/mol. The molecule has 0 bridgehead atoms. The third-order valence-electron chi connectivity index (χ3n) is 5.54. The predicted octanol–water partition coefficient (Wildman–Crippen LogP) is 4.79. The molecule has 0 heterocycles. The molecule has 0 saturated carbocycles. The number of halogens is 2. The van der Waals surface area contributed by atoms with E-state index in [1.807, 2.05) is 45.0 Å². The van der Waals surface area contributed by atoms with Gasteiger partial charge >= 0.3 is 0 Å². The van der Waals surface area contributed by atoms with E-state index in [1.165, 1.54) is 12.1 Å². The number of hydrogen-bond acceptors (Lipinski definition) is 4. The number of hydrogen-bond donors (Lipinski definition) is 1. The average Bonchev–Trinajstić information content (AvgIpc) is 2.79. The van der Waals surface area contributed by atoms with E-state index < -0.39 is 16.1 Å². The molecule has 0 saturated heterocycles. The van der Waals surface area contributed by atoms with E-state index in [0.29, 0.717) is 18.0 Å². The van der Waals surface area contributed by atoms with Crippen molar-refractivity contribution in [1.82, 2.24) is 10.2 Å². The maximum absolute atomic E-state index is 13.3. The Kier molecular flexibility index (Phi) is 10.9. The molecule has 192 valence electrons. The lowest BCUT2D eigenvalue weighted by Gasteiger charge is -2.31. The van der Waals surface area contributed by atoms with E-state index in [1.54, 1.807) is 11.0 Å². The minimum atomic E-state index is -3.67. The molecule has 10 heteroatoms. The molecule has 0 fully saturated rings. The molecule has 0 spiro atoms. The second kappa shape index (κ2) is 13.1. The lowest BCUT2D eigenvalue weighted by Crippen LogP contribution is -2.49. The molecule has 7 nitrogen and oxygen atoms in total. The first-order valence-electron chi connectivity index (χ1n) is 11.5. The summed E-state index contributed by atoms with van der Waals surface area (Å²) in [6.07, 6.45) is 1.84. The van der Waals surface area contributed by atoms with Gasteiger partial charge in [0.1, 0.15) is 6.04 Å². The average molecular weight is 543 g/mol. The molecule has 0 radical (unpaired) electrons. The van der Waals surface area contributed by atoms with Gasteiger partial charge in [0.2, 0.25) is 21.8 Å². The number of amides is 2. The first-order valence-corrected chi connectivity index (χ1v) is 14.1. The molecule has 2 amide bonds. The maximum atomic E-state index is 13.3. The highest BCUT2D eigenvalue weighted by Gasteiger charge is 2.28. The molecule has 2 aromatic rings. The largest absolute Gasteiger partial charge is 0.355 e. The Labute approximate surface area is 218 Å². The molecule has 0 aromatic heterocycles. The third kappa shape index (κ3) is 8.40. The van der Waals surface area contributed by atoms with Crippen LogP contribution in [0.5, 0.6) is 0 Å². The Morgan fingerprint density at radius 2 is 1.71 bits per heavy atom. The molecule has 35 heavy (non-hydrogen) atoms. The third-order valence-corrected chi connectivity index (χ3v) is 7.27. The van der Waals surface area contributed by atoms with E-state index in [9.17, 15) is 18.0 Å². The van der Waals surface area contributed by atoms with Gasteiger partial charge in [0.25, 0.3) is 0 Å². The Hall–Kier alpha value is -2.29. The summed E-state index contributed by atoms with van der Waals surface area (Å²) < 4.78 is 26.1. The minimum absolute atomic E-state index is 0.0426. The molecule has 0 aliphatic heterocycles. The van der Waals surface area contributed by atoms with Gasteiger partial charge in [-0.3, -0.25) is 13.9 Å². The van der Waals surface area contributed by atoms with E-state index in [0.717, 1.165) is 21.7 Å². The fourth-order valence-corrected chi connectivity index (χ4v) is 5.17. The second-order valence-electron chi connectivity index (χ2n) is 8.36. The van der Waals surface area contributed by atoms with Crippen molar-refractivity contribution in [2.45, 2.75) is 52.6 Å². The van der Waals surface area contributed by atoms with Crippen LogP contribution in [0.25, 0.3) is 0 Å². The highest BCUT2D eigenvalue weighted by atomic mass is 35.5. The Balaban J connectivity index is 2.23. The SMILES string of the molecule is CCNC(=O)[C@H](CC)N(Cc1ccc(C)cc1)C(=O)CCCN(c1cc(Cl)ccc1Cl)S(C)(=O)=O. The van der Waals surface area contributed by atoms with Gasteiger partial charge in [0.15, 0.2) is 0 Å². The van der Waals surface area contributed by atoms with Crippen molar-refractivity contribution in [3.63, 3.8) is 0 Å². The van der Waals surface area contributed by atoms with Gasteiger partial charge in [-0.1, -0.05) is 60.0 Å². The van der Waals surface area contributed by atoms with Crippen molar-refractivity contribution < 1.29 is 18.0 Å². The van der Waals surface area contributed by atoms with E-state index >= 15 is 0 Å². The Morgan fingerprint density at radius 3 is 2.29 bits per heavy atom. The molecule has 0 aliphatic carbocycles. The normalized spacial score (nSPS) is 12.2. The van der Waals surface area contributed by atoms with Crippen LogP contribution >= 0.6 is 23.2 Å². The van der Waals surface area contributed by atoms with Crippen molar-refractivity contribution in [2.75, 3.05) is 23.7 Å². The van der Waals surface area contributed by atoms with Gasteiger partial charge in [-0.25, -0.2) is 8.42 Å². The Morgan fingerprint density at radius 1 is 1.06 bits per heavy atom. The number of likely N-dealkylation sites (N-methyl/N-ethyl adjacent to an activating group) is 1. The van der Waals surface area contributed by atoms with Crippen molar-refractivity contribution >= 4 is 50.7 Å². The number of carbonyl (C=O) groups excluding carboxylic acids is 2. The first-order chi connectivity index (χ1) is 16.5. The van der Waals surface area contributed by atoms with Crippen LogP contribution in [-0.4, -0.2) is 50.5 Å². The molecular weight excluding hydrogens is 509 g/mol. The molecule has 0 aliphatic rings. The molecule has 2 aromatic carbocycles. The van der Waals surface area contributed by atoms with Crippen LogP contribution in [0.2, 0.25) is 10.0 Å². The summed E-state index contributed by atoms with van der Waals surface area (Å²) in [7, 11) is -3.67. The zero-order chi connectivity index (χ0) is 26.2. The summed E-state index contributed by atoms with van der Waals surface area (Å²) in [6.45, 7) is 6.46. The minimum Gasteiger partial charge on any atom is -0.355 e. The first kappa shape index (κ1) is 28.9. The van der Waals surface area contributed by atoms with Gasteiger partial charge in [0.05, 0.1) is 17.0 Å². The number of carbonyl (C=O) groups is 2. The van der Waals surface area contributed by atoms with Crippen LogP contribution in [0.1, 0.15) is 44.2 Å². The van der Waals surface area contributed by atoms with Gasteiger partial charge in [-0.15, -0.1) is 0 Å². The fraction of sp³-hybridized carbons (Fsp3) is 0.440. The summed E-state index contributed by atoms with van der Waals surface area (Å²) in [4.78, 5) is 27.6. The predicted molar refractivity (Wildman–Crippen MR) is 142 cm³/mol. The zero-order valence-electron chi connectivity index (χ0n) is 20.6. The summed E-state index contributed by atoms with van der Waals surface area (Å²) in [6, 6.07) is 11.8. The second-order valence-corrected chi connectivity index (χ2v) is 11.1. The van der Waals surface area contributed by atoms with Crippen LogP contribution in [-0.2, 0) is 26.2 Å². The number of nitrogens with one attached hydrogen (secondary N) is 1. The highest BCUT2D eigenvalue weighted by molar-refractivity contribution is 7.92. The van der Waals surface area contributed by atoms with Gasteiger partial charge in [-0.05, 0) is 50.5 Å². The fourth-order valence-electron chi connectivity index (χ4n) is 3.76. The van der Waals surface area contributed by atoms with Gasteiger partial charge < -0.3 is 10.2 Å². The topological polar surface area (TPSA) is 86.8 Å². The summed E-state index contributed by atoms with van der Waals surface area (Å²) in [5.41, 5.74) is 2.28. The molecule has 0 unspecified atom stereocenters. The smallest absolute Gasteiger partial charge is 0.242 e. The van der Waals surface area contributed by atoms with Crippen molar-refractivity contribution in [1.29, 1.82) is 0 Å². The summed E-state index contributed by atoms with van der Waals surface area (Å²) in [5, 5.41) is 3.40. The number of benzene rings is 2. The summed E-state index contributed by atoms with van der Waals surface area (Å²) >= 11 is 12.3. The number of sulfonamides is 1. The lowest BCUT2D eigenvalue weighted by atomic mass is 10.1. The number of anilines is 1. The number of rotatable bonds is 12. The van der Waals surface area contributed by atoms with Crippen LogP contribution in [0, 0.1) is 6.92 Å². The van der Waals surface area contributed by atoms with Gasteiger partial charge in [-0.2, -0.15) is 0 Å². The van der Waals surface area contributed by atoms with Crippen molar-refractivity contribution in [3.05, 3.63) is 63.6 Å². The quantitative estimate of drug-likeness (QED) is 0.418. The lowest BCUT2D eigenvalue weighted by molar-refractivity contribution is -0.141. The Bertz CT molecular complexity index is 1120. The summed E-state index contributed by atoms with van der Waals surface area (Å²) in [5.74, 6) is -0.437. The van der Waals surface area contributed by atoms with Crippen molar-refractivity contribution in [3.8, 4) is 0 Å². The molecule has 1 atom stereocenters. The van der Waals surface area contributed by atoms with Crippen molar-refractivity contribution in [2.24, 2.45) is 0 Å². The van der Waals surface area contributed by atoms with Crippen LogP contribution in [0.3, 0.4) is 0 Å².